The quantitative estimate of drug-likeness (QED) is 0.782. The predicted octanol–water partition coefficient (Wildman–Crippen LogP) is 3.35. The summed E-state index contributed by atoms with van der Waals surface area (Å²) in [5.41, 5.74) is 0.342. The van der Waals surface area contributed by atoms with Crippen molar-refractivity contribution in [1.82, 2.24) is 4.90 Å². The highest BCUT2D eigenvalue weighted by Gasteiger charge is 2.30. The fourth-order valence-corrected chi connectivity index (χ4v) is 2.94. The van der Waals surface area contributed by atoms with E-state index in [-0.39, 0.29) is 18.4 Å². The van der Waals surface area contributed by atoms with Crippen molar-refractivity contribution in [3.8, 4) is 11.5 Å². The molecule has 27 heavy (non-hydrogen) atoms. The minimum Gasteiger partial charge on any atom is -0.496 e. The summed E-state index contributed by atoms with van der Waals surface area (Å²) in [6.07, 6.45) is 1.05. The van der Waals surface area contributed by atoms with Gasteiger partial charge in [-0.15, -0.1) is 0 Å². The normalized spacial score (nSPS) is 16.9. The Morgan fingerprint density at radius 1 is 1.30 bits per heavy atom. The van der Waals surface area contributed by atoms with Crippen molar-refractivity contribution in [2.24, 2.45) is 5.92 Å². The molecule has 0 aromatic heterocycles. The highest BCUT2D eigenvalue weighted by atomic mass is 16.6. The monoisotopic (exact) mass is 379 g/mol. The number of methoxy groups -OCH3 is 1. The van der Waals surface area contributed by atoms with E-state index in [0.717, 1.165) is 12.0 Å². The van der Waals surface area contributed by atoms with Gasteiger partial charge in [0.2, 0.25) is 0 Å². The van der Waals surface area contributed by atoms with Crippen LogP contribution >= 0.6 is 0 Å². The molecule has 0 aliphatic carbocycles. The number of rotatable bonds is 7. The number of carbonyl (C=O) groups excluding carboxylic acids is 1. The SMILES string of the molecule is COc1cc(OCC2CCN(C(=O)OC(C)(C)C)C2)ccc1CCC(=O)O. The molecule has 1 heterocycles. The van der Waals surface area contributed by atoms with Crippen LogP contribution in [0.1, 0.15) is 39.2 Å². The molecule has 2 rings (SSSR count). The Kier molecular flexibility index (Phi) is 6.93. The second-order valence-electron chi connectivity index (χ2n) is 7.76. The molecule has 7 nitrogen and oxygen atoms in total. The molecule has 7 heteroatoms. The summed E-state index contributed by atoms with van der Waals surface area (Å²) in [6, 6.07) is 5.43. The van der Waals surface area contributed by atoms with E-state index in [4.69, 9.17) is 19.3 Å². The number of hydrogen-bond donors (Lipinski definition) is 1. The number of carboxylic acid groups (broad SMARTS) is 1. The van der Waals surface area contributed by atoms with Gasteiger partial charge in [-0.25, -0.2) is 4.79 Å². The van der Waals surface area contributed by atoms with Gasteiger partial charge in [0.15, 0.2) is 0 Å². The maximum atomic E-state index is 12.1. The summed E-state index contributed by atoms with van der Waals surface area (Å²) in [4.78, 5) is 24.6. The Bertz CT molecular complexity index is 667. The highest BCUT2D eigenvalue weighted by Crippen LogP contribution is 2.27. The van der Waals surface area contributed by atoms with Crippen molar-refractivity contribution < 1.29 is 28.9 Å². The van der Waals surface area contributed by atoms with E-state index in [1.54, 1.807) is 18.1 Å². The van der Waals surface area contributed by atoms with E-state index in [1.807, 2.05) is 32.9 Å². The molecule has 1 aromatic carbocycles. The van der Waals surface area contributed by atoms with E-state index in [0.29, 0.717) is 37.6 Å². The summed E-state index contributed by atoms with van der Waals surface area (Å²) in [5, 5.41) is 8.82. The minimum atomic E-state index is -0.840. The zero-order valence-electron chi connectivity index (χ0n) is 16.5. The number of aryl methyl sites for hydroxylation is 1. The molecule has 1 aliphatic rings. The number of carboxylic acids is 1. The number of amides is 1. The number of aliphatic carboxylic acids is 1. The molecule has 1 saturated heterocycles. The van der Waals surface area contributed by atoms with Gasteiger partial charge in [-0.2, -0.15) is 0 Å². The third-order valence-corrected chi connectivity index (χ3v) is 4.29. The topological polar surface area (TPSA) is 85.3 Å². The van der Waals surface area contributed by atoms with Crippen LogP contribution in [0, 0.1) is 5.92 Å². The van der Waals surface area contributed by atoms with Crippen LogP contribution in [0.15, 0.2) is 18.2 Å². The molecule has 0 radical (unpaired) electrons. The lowest BCUT2D eigenvalue weighted by molar-refractivity contribution is -0.136. The first-order valence-corrected chi connectivity index (χ1v) is 9.17. The molecule has 1 amide bonds. The maximum Gasteiger partial charge on any atom is 0.410 e. The van der Waals surface area contributed by atoms with Gasteiger partial charge in [0.25, 0.3) is 0 Å². The van der Waals surface area contributed by atoms with Crippen LogP contribution in [-0.2, 0) is 16.0 Å². The number of carbonyl (C=O) groups is 2. The van der Waals surface area contributed by atoms with Gasteiger partial charge in [-0.1, -0.05) is 6.07 Å². The highest BCUT2D eigenvalue weighted by molar-refractivity contribution is 5.68. The molecule has 0 spiro atoms. The second-order valence-corrected chi connectivity index (χ2v) is 7.76. The predicted molar refractivity (Wildman–Crippen MR) is 100 cm³/mol. The van der Waals surface area contributed by atoms with Gasteiger partial charge in [-0.3, -0.25) is 4.79 Å². The van der Waals surface area contributed by atoms with Crippen LogP contribution in [0.2, 0.25) is 0 Å². The van der Waals surface area contributed by atoms with Crippen LogP contribution in [0.4, 0.5) is 4.79 Å². The number of nitrogens with zero attached hydrogens (tertiary/aromatic N) is 1. The van der Waals surface area contributed by atoms with Crippen LogP contribution in [0.5, 0.6) is 11.5 Å². The summed E-state index contributed by atoms with van der Waals surface area (Å²) >= 11 is 0. The molecule has 1 unspecified atom stereocenters. The molecular weight excluding hydrogens is 350 g/mol. The summed E-state index contributed by atoms with van der Waals surface area (Å²) in [7, 11) is 1.55. The van der Waals surface area contributed by atoms with E-state index < -0.39 is 11.6 Å². The fourth-order valence-electron chi connectivity index (χ4n) is 2.94. The van der Waals surface area contributed by atoms with Crippen molar-refractivity contribution in [3.63, 3.8) is 0 Å². The zero-order valence-corrected chi connectivity index (χ0v) is 16.5. The fraction of sp³-hybridized carbons (Fsp3) is 0.600. The molecular formula is C20H29NO6. The van der Waals surface area contributed by atoms with Crippen molar-refractivity contribution in [2.45, 2.75) is 45.6 Å². The van der Waals surface area contributed by atoms with Crippen molar-refractivity contribution in [1.29, 1.82) is 0 Å². The first-order valence-electron chi connectivity index (χ1n) is 9.17. The Morgan fingerprint density at radius 3 is 2.67 bits per heavy atom. The van der Waals surface area contributed by atoms with Crippen molar-refractivity contribution in [2.75, 3.05) is 26.8 Å². The Hall–Kier alpha value is -2.44. The van der Waals surface area contributed by atoms with Crippen molar-refractivity contribution >= 4 is 12.1 Å². The average Bonchev–Trinajstić information content (AvgIpc) is 3.06. The van der Waals surface area contributed by atoms with Gasteiger partial charge in [0, 0.05) is 31.5 Å². The second kappa shape index (κ2) is 8.97. The van der Waals surface area contributed by atoms with Gasteiger partial charge in [0.1, 0.15) is 17.1 Å². The average molecular weight is 379 g/mol. The molecule has 0 saturated carbocycles. The minimum absolute atomic E-state index is 0.0547. The largest absolute Gasteiger partial charge is 0.496 e. The van der Waals surface area contributed by atoms with Gasteiger partial charge in [0.05, 0.1) is 13.7 Å². The molecule has 0 bridgehead atoms. The molecule has 1 aliphatic heterocycles. The van der Waals surface area contributed by atoms with Gasteiger partial charge >= 0.3 is 12.1 Å². The van der Waals surface area contributed by atoms with E-state index in [2.05, 4.69) is 0 Å². The lowest BCUT2D eigenvalue weighted by Gasteiger charge is -2.24. The third-order valence-electron chi connectivity index (χ3n) is 4.29. The Morgan fingerprint density at radius 2 is 2.04 bits per heavy atom. The van der Waals surface area contributed by atoms with Gasteiger partial charge in [-0.05, 0) is 45.2 Å². The zero-order chi connectivity index (χ0) is 20.0. The first-order chi connectivity index (χ1) is 12.7. The van der Waals surface area contributed by atoms with E-state index in [1.165, 1.54) is 0 Å². The molecule has 150 valence electrons. The Balaban J connectivity index is 1.86. The summed E-state index contributed by atoms with van der Waals surface area (Å²) < 4.78 is 16.6. The van der Waals surface area contributed by atoms with Crippen LogP contribution < -0.4 is 9.47 Å². The molecule has 1 atom stereocenters. The Labute approximate surface area is 160 Å². The van der Waals surface area contributed by atoms with Crippen LogP contribution in [-0.4, -0.2) is 54.5 Å². The van der Waals surface area contributed by atoms with Crippen molar-refractivity contribution in [3.05, 3.63) is 23.8 Å². The van der Waals surface area contributed by atoms with Gasteiger partial charge < -0.3 is 24.2 Å². The van der Waals surface area contributed by atoms with Crippen LogP contribution in [0.25, 0.3) is 0 Å². The lowest BCUT2D eigenvalue weighted by Crippen LogP contribution is -2.35. The lowest BCUT2D eigenvalue weighted by atomic mass is 10.1. The standard InChI is InChI=1S/C20H29NO6/c1-20(2,3)27-19(24)21-10-9-14(12-21)13-26-16-7-5-15(6-8-18(22)23)17(11-16)25-4/h5,7,11,14H,6,8-10,12-13H2,1-4H3,(H,22,23). The smallest absolute Gasteiger partial charge is 0.410 e. The summed E-state index contributed by atoms with van der Waals surface area (Å²) in [5.74, 6) is 0.695. The number of hydrogen-bond acceptors (Lipinski definition) is 5. The van der Waals surface area contributed by atoms with Crippen LogP contribution in [0.3, 0.4) is 0 Å². The number of benzene rings is 1. The number of ether oxygens (including phenoxy) is 3. The van der Waals surface area contributed by atoms with E-state index >= 15 is 0 Å². The molecule has 1 N–H and O–H groups in total. The molecule has 1 fully saturated rings. The maximum absolute atomic E-state index is 12.1. The molecule has 1 aromatic rings. The third kappa shape index (κ3) is 6.66. The van der Waals surface area contributed by atoms with E-state index in [9.17, 15) is 9.59 Å². The number of likely N-dealkylation sites (tertiary alicyclic amines) is 1. The summed E-state index contributed by atoms with van der Waals surface area (Å²) in [6.45, 7) is 7.35. The first kappa shape index (κ1) is 20.9.